The monoisotopic (exact) mass is 500 g/mol. The van der Waals surface area contributed by atoms with E-state index in [9.17, 15) is 12.8 Å². The quantitative estimate of drug-likeness (QED) is 0.382. The maximum atomic E-state index is 14.3. The van der Waals surface area contributed by atoms with Gasteiger partial charge in [0.25, 0.3) is 0 Å². The molecule has 1 atom stereocenters. The second kappa shape index (κ2) is 9.28. The largest absolute Gasteiger partial charge is 0.370 e. The number of hydrogen-bond donors (Lipinski definition) is 2. The fourth-order valence-corrected chi connectivity index (χ4v) is 5.93. The molecule has 1 fully saturated rings. The van der Waals surface area contributed by atoms with Crippen LogP contribution in [-0.2, 0) is 10.0 Å². The van der Waals surface area contributed by atoms with E-state index in [1.807, 2.05) is 0 Å². The lowest BCUT2D eigenvalue weighted by Crippen LogP contribution is -2.41. The Labute approximate surface area is 201 Å². The number of benzene rings is 1. The van der Waals surface area contributed by atoms with E-state index in [1.54, 1.807) is 42.6 Å². The second-order valence-corrected chi connectivity index (χ2v) is 10.6. The highest BCUT2D eigenvalue weighted by Crippen LogP contribution is 2.28. The summed E-state index contributed by atoms with van der Waals surface area (Å²) in [5.74, 6) is -0.0804. The van der Waals surface area contributed by atoms with Crippen molar-refractivity contribution in [2.24, 2.45) is 5.92 Å². The molecule has 3 aromatic heterocycles. The average Bonchev–Trinajstić information content (AvgIpc) is 3.26. The number of anilines is 1. The molecule has 1 aromatic carbocycles. The summed E-state index contributed by atoms with van der Waals surface area (Å²) in [5.41, 5.74) is 1.19. The van der Waals surface area contributed by atoms with Crippen molar-refractivity contribution in [2.45, 2.75) is 17.7 Å². The zero-order valence-electron chi connectivity index (χ0n) is 18.1. The van der Waals surface area contributed by atoms with Gasteiger partial charge in [0.1, 0.15) is 11.5 Å². The van der Waals surface area contributed by atoms with Gasteiger partial charge in [-0.25, -0.2) is 18.4 Å². The number of H-pyrrole nitrogens is 1. The van der Waals surface area contributed by atoms with Crippen molar-refractivity contribution in [3.8, 4) is 11.4 Å². The first-order valence-corrected chi connectivity index (χ1v) is 12.7. The molecule has 4 aromatic rings. The first-order valence-electron chi connectivity index (χ1n) is 10.9. The fourth-order valence-electron chi connectivity index (χ4n) is 4.19. The summed E-state index contributed by atoms with van der Waals surface area (Å²) < 4.78 is 41.8. The molecule has 0 aliphatic carbocycles. The topological polar surface area (TPSA) is 104 Å². The third-order valence-corrected chi connectivity index (χ3v) is 7.95. The van der Waals surface area contributed by atoms with Crippen molar-refractivity contribution in [3.05, 3.63) is 65.8 Å². The van der Waals surface area contributed by atoms with Crippen molar-refractivity contribution in [2.75, 3.05) is 25.0 Å². The van der Waals surface area contributed by atoms with Crippen molar-refractivity contribution in [3.63, 3.8) is 0 Å². The third-order valence-electron chi connectivity index (χ3n) is 5.87. The SMILES string of the molecule is O=S(=O)(c1ccccc1)N1CCC[C@H](CNc2cc(F)nc(-c3c[nH]c4ncc(Cl)cc34)n2)C1. The maximum absolute atomic E-state index is 14.3. The lowest BCUT2D eigenvalue weighted by molar-refractivity contribution is 0.275. The number of nitrogens with zero attached hydrogens (tertiary/aromatic N) is 4. The van der Waals surface area contributed by atoms with Crippen LogP contribution in [0.15, 0.2) is 59.8 Å². The summed E-state index contributed by atoms with van der Waals surface area (Å²) in [4.78, 5) is 15.9. The van der Waals surface area contributed by atoms with E-state index in [0.29, 0.717) is 52.0 Å². The number of nitrogens with one attached hydrogen (secondary N) is 2. The van der Waals surface area contributed by atoms with E-state index in [2.05, 4.69) is 25.3 Å². The van der Waals surface area contributed by atoms with Gasteiger partial charge in [-0.05, 0) is 37.0 Å². The van der Waals surface area contributed by atoms with Gasteiger partial charge in [-0.1, -0.05) is 29.8 Å². The standard InChI is InChI=1S/C23H22ClFN6O2S/c24-16-9-18-19(13-28-22(18)27-12-16)23-29-20(25)10-21(30-23)26-11-15-5-4-8-31(14-15)34(32,33)17-6-2-1-3-7-17/h1-3,6-7,9-10,12-13,15H,4-5,8,11,14H2,(H,27,28)(H,26,29,30)/t15-/m1/s1. The minimum Gasteiger partial charge on any atom is -0.370 e. The number of rotatable bonds is 6. The molecule has 11 heteroatoms. The Morgan fingerprint density at radius 3 is 2.85 bits per heavy atom. The Bertz CT molecular complexity index is 1430. The van der Waals surface area contributed by atoms with Gasteiger partial charge in [-0.3, -0.25) is 0 Å². The van der Waals surface area contributed by atoms with Gasteiger partial charge in [-0.15, -0.1) is 0 Å². The van der Waals surface area contributed by atoms with Crippen LogP contribution in [-0.4, -0.2) is 52.3 Å². The number of hydrogen-bond acceptors (Lipinski definition) is 6. The normalized spacial score (nSPS) is 17.2. The minimum absolute atomic E-state index is 0.0600. The Balaban J connectivity index is 1.32. The molecule has 2 N–H and O–H groups in total. The van der Waals surface area contributed by atoms with Gasteiger partial charge in [0, 0.05) is 49.0 Å². The first kappa shape index (κ1) is 22.7. The lowest BCUT2D eigenvalue weighted by Gasteiger charge is -2.32. The van der Waals surface area contributed by atoms with E-state index in [0.717, 1.165) is 12.8 Å². The van der Waals surface area contributed by atoms with E-state index in [-0.39, 0.29) is 11.7 Å². The Kier molecular flexibility index (Phi) is 6.20. The Morgan fingerprint density at radius 1 is 1.21 bits per heavy atom. The number of aromatic amines is 1. The predicted molar refractivity (Wildman–Crippen MR) is 129 cm³/mol. The molecule has 1 aliphatic heterocycles. The Hall–Kier alpha value is -3.08. The van der Waals surface area contributed by atoms with Crippen LogP contribution in [0.25, 0.3) is 22.4 Å². The summed E-state index contributed by atoms with van der Waals surface area (Å²) in [7, 11) is -3.55. The Morgan fingerprint density at radius 2 is 2.03 bits per heavy atom. The van der Waals surface area contributed by atoms with Gasteiger partial charge in [0.05, 0.1) is 9.92 Å². The lowest BCUT2D eigenvalue weighted by atomic mass is 10.00. The van der Waals surface area contributed by atoms with Gasteiger partial charge in [-0.2, -0.15) is 13.7 Å². The van der Waals surface area contributed by atoms with Crippen molar-refractivity contribution >= 4 is 38.5 Å². The average molecular weight is 501 g/mol. The van der Waals surface area contributed by atoms with Crippen molar-refractivity contribution in [1.82, 2.24) is 24.2 Å². The molecule has 0 saturated carbocycles. The molecule has 4 heterocycles. The molecule has 0 radical (unpaired) electrons. The summed E-state index contributed by atoms with van der Waals surface area (Å²) in [6, 6.07) is 11.4. The van der Waals surface area contributed by atoms with E-state index in [4.69, 9.17) is 11.6 Å². The molecule has 0 spiro atoms. The van der Waals surface area contributed by atoms with E-state index >= 15 is 0 Å². The number of fused-ring (bicyclic) bond motifs is 1. The first-order chi connectivity index (χ1) is 16.4. The van der Waals surface area contributed by atoms with Gasteiger partial charge in [0.2, 0.25) is 16.0 Å². The molecular weight excluding hydrogens is 479 g/mol. The fraction of sp³-hybridized carbons (Fsp3) is 0.261. The summed E-state index contributed by atoms with van der Waals surface area (Å²) in [6.07, 6.45) is 4.81. The van der Waals surface area contributed by atoms with Gasteiger partial charge in [0.15, 0.2) is 5.82 Å². The highest BCUT2D eigenvalue weighted by Gasteiger charge is 2.30. The van der Waals surface area contributed by atoms with Crippen LogP contribution in [0.5, 0.6) is 0 Å². The molecule has 5 rings (SSSR count). The van der Waals surface area contributed by atoms with Crippen LogP contribution in [0.4, 0.5) is 10.2 Å². The van der Waals surface area contributed by atoms with Crippen LogP contribution >= 0.6 is 11.6 Å². The van der Waals surface area contributed by atoms with E-state index in [1.165, 1.54) is 16.6 Å². The zero-order chi connectivity index (χ0) is 23.7. The number of pyridine rings is 1. The number of sulfonamides is 1. The van der Waals surface area contributed by atoms with Crippen molar-refractivity contribution in [1.29, 1.82) is 0 Å². The van der Waals surface area contributed by atoms with Gasteiger partial charge < -0.3 is 10.3 Å². The molecule has 176 valence electrons. The molecule has 34 heavy (non-hydrogen) atoms. The second-order valence-electron chi connectivity index (χ2n) is 8.22. The molecular formula is C23H22ClFN6O2S. The highest BCUT2D eigenvalue weighted by molar-refractivity contribution is 7.89. The van der Waals surface area contributed by atoms with Crippen LogP contribution in [0.3, 0.4) is 0 Å². The third kappa shape index (κ3) is 4.61. The number of aromatic nitrogens is 4. The van der Waals surface area contributed by atoms with Crippen LogP contribution in [0, 0.1) is 11.9 Å². The minimum atomic E-state index is -3.55. The van der Waals surface area contributed by atoms with Crippen LogP contribution < -0.4 is 5.32 Å². The smallest absolute Gasteiger partial charge is 0.243 e. The highest BCUT2D eigenvalue weighted by atomic mass is 35.5. The summed E-state index contributed by atoms with van der Waals surface area (Å²) in [5, 5.41) is 4.31. The molecule has 0 unspecified atom stereocenters. The molecule has 0 bridgehead atoms. The maximum Gasteiger partial charge on any atom is 0.243 e. The summed E-state index contributed by atoms with van der Waals surface area (Å²) >= 11 is 6.07. The molecule has 0 amide bonds. The number of halogens is 2. The number of piperidine rings is 1. The van der Waals surface area contributed by atoms with Crippen LogP contribution in [0.2, 0.25) is 5.02 Å². The van der Waals surface area contributed by atoms with Gasteiger partial charge >= 0.3 is 0 Å². The van der Waals surface area contributed by atoms with E-state index < -0.39 is 16.0 Å². The van der Waals surface area contributed by atoms with Crippen molar-refractivity contribution < 1.29 is 12.8 Å². The summed E-state index contributed by atoms with van der Waals surface area (Å²) in [6.45, 7) is 1.33. The molecule has 1 saturated heterocycles. The predicted octanol–water partition coefficient (Wildman–Crippen LogP) is 4.33. The molecule has 8 nitrogen and oxygen atoms in total. The molecule has 1 aliphatic rings. The van der Waals surface area contributed by atoms with Crippen LogP contribution in [0.1, 0.15) is 12.8 Å². The zero-order valence-corrected chi connectivity index (χ0v) is 19.7.